The SMILES string of the molecule is CC(F)(F)c1sc2cncn2c1C=O. The van der Waals surface area contributed by atoms with Gasteiger partial charge in [0.05, 0.1) is 6.20 Å². The maximum Gasteiger partial charge on any atom is 0.281 e. The van der Waals surface area contributed by atoms with Gasteiger partial charge in [-0.2, -0.15) is 0 Å². The minimum absolute atomic E-state index is 0.0185. The van der Waals surface area contributed by atoms with Crippen LogP contribution in [-0.4, -0.2) is 15.7 Å². The van der Waals surface area contributed by atoms with Crippen LogP contribution < -0.4 is 0 Å². The molecule has 3 nitrogen and oxygen atoms in total. The maximum atomic E-state index is 13.0. The van der Waals surface area contributed by atoms with Gasteiger partial charge in [-0.25, -0.2) is 13.8 Å². The van der Waals surface area contributed by atoms with E-state index in [4.69, 9.17) is 0 Å². The first-order chi connectivity index (χ1) is 6.54. The first kappa shape index (κ1) is 9.26. The van der Waals surface area contributed by atoms with Crippen molar-refractivity contribution < 1.29 is 13.6 Å². The van der Waals surface area contributed by atoms with Crippen molar-refractivity contribution in [3.05, 3.63) is 23.1 Å². The number of hydrogen-bond donors (Lipinski definition) is 0. The fraction of sp³-hybridized carbons (Fsp3) is 0.250. The van der Waals surface area contributed by atoms with Crippen LogP contribution in [0.15, 0.2) is 12.5 Å². The molecule has 6 heteroatoms. The summed E-state index contributed by atoms with van der Waals surface area (Å²) in [5.74, 6) is -2.99. The van der Waals surface area contributed by atoms with Gasteiger partial charge in [0.2, 0.25) is 0 Å². The maximum absolute atomic E-state index is 13.0. The number of carbonyl (C=O) groups is 1. The minimum Gasteiger partial charge on any atom is -0.296 e. The average Bonchev–Trinajstić information content (AvgIpc) is 2.58. The van der Waals surface area contributed by atoms with Crippen molar-refractivity contribution in [2.75, 3.05) is 0 Å². The van der Waals surface area contributed by atoms with Crippen LogP contribution in [0.2, 0.25) is 0 Å². The summed E-state index contributed by atoms with van der Waals surface area (Å²) in [5, 5.41) is 0. The predicted octanol–water partition coefficient (Wildman–Crippen LogP) is 2.32. The lowest BCUT2D eigenvalue weighted by Gasteiger charge is -2.06. The monoisotopic (exact) mass is 216 g/mol. The van der Waals surface area contributed by atoms with Crippen LogP contribution in [0.1, 0.15) is 22.3 Å². The average molecular weight is 216 g/mol. The number of thiazole rings is 1. The summed E-state index contributed by atoms with van der Waals surface area (Å²) < 4.78 is 27.4. The fourth-order valence-corrected chi connectivity index (χ4v) is 2.23. The molecule has 0 amide bonds. The Labute approximate surface area is 82.0 Å². The molecule has 2 aromatic rings. The van der Waals surface area contributed by atoms with Gasteiger partial charge >= 0.3 is 0 Å². The number of imidazole rings is 1. The largest absolute Gasteiger partial charge is 0.296 e. The fourth-order valence-electron chi connectivity index (χ4n) is 1.23. The van der Waals surface area contributed by atoms with E-state index in [1.807, 2.05) is 0 Å². The molecule has 2 rings (SSSR count). The highest BCUT2D eigenvalue weighted by Crippen LogP contribution is 2.35. The number of hydrogen-bond acceptors (Lipinski definition) is 3. The van der Waals surface area contributed by atoms with Crippen LogP contribution in [0.5, 0.6) is 0 Å². The van der Waals surface area contributed by atoms with E-state index in [0.29, 0.717) is 11.1 Å². The Morgan fingerprint density at radius 3 is 2.93 bits per heavy atom. The molecule has 0 unspecified atom stereocenters. The Morgan fingerprint density at radius 1 is 1.64 bits per heavy atom. The summed E-state index contributed by atoms with van der Waals surface area (Å²) in [6.45, 7) is 0.776. The lowest BCUT2D eigenvalue weighted by Crippen LogP contribution is -2.08. The standard InChI is InChI=1S/C8H6F2N2OS/c1-8(9,10)7-5(3-13)12-4-11-2-6(12)14-7/h2-4H,1H3. The molecular weight excluding hydrogens is 210 g/mol. The summed E-state index contributed by atoms with van der Waals surface area (Å²) in [7, 11) is 0. The molecule has 0 fully saturated rings. The van der Waals surface area contributed by atoms with Crippen molar-refractivity contribution in [1.29, 1.82) is 0 Å². The first-order valence-corrected chi connectivity index (χ1v) is 4.64. The lowest BCUT2D eigenvalue weighted by atomic mass is 10.2. The van der Waals surface area contributed by atoms with E-state index in [1.54, 1.807) is 0 Å². The Bertz CT molecular complexity index is 483. The van der Waals surface area contributed by atoms with Gasteiger partial charge in [-0.1, -0.05) is 0 Å². The van der Waals surface area contributed by atoms with Gasteiger partial charge in [-0.05, 0) is 0 Å². The molecule has 0 atom stereocenters. The van der Waals surface area contributed by atoms with Gasteiger partial charge in [0.25, 0.3) is 5.92 Å². The van der Waals surface area contributed by atoms with Crippen LogP contribution in [0.3, 0.4) is 0 Å². The number of rotatable bonds is 2. The van der Waals surface area contributed by atoms with Gasteiger partial charge in [-0.3, -0.25) is 9.20 Å². The molecule has 0 aliphatic heterocycles. The zero-order valence-electron chi connectivity index (χ0n) is 7.20. The molecule has 0 aliphatic carbocycles. The number of aldehydes is 1. The van der Waals surface area contributed by atoms with Crippen LogP contribution in [0.4, 0.5) is 8.78 Å². The molecular formula is C8H6F2N2OS. The zero-order valence-corrected chi connectivity index (χ0v) is 8.02. The molecule has 14 heavy (non-hydrogen) atoms. The van der Waals surface area contributed by atoms with Crippen LogP contribution in [-0.2, 0) is 5.92 Å². The lowest BCUT2D eigenvalue weighted by molar-refractivity contribution is 0.0204. The Balaban J connectivity index is 2.76. The van der Waals surface area contributed by atoms with E-state index in [2.05, 4.69) is 4.98 Å². The van der Waals surface area contributed by atoms with Gasteiger partial charge < -0.3 is 0 Å². The molecule has 0 spiro atoms. The Kier molecular flexibility index (Phi) is 1.88. The number of halogens is 2. The molecule has 0 saturated carbocycles. The highest BCUT2D eigenvalue weighted by Gasteiger charge is 2.31. The molecule has 74 valence electrons. The van der Waals surface area contributed by atoms with Gasteiger partial charge in [0.15, 0.2) is 6.29 Å². The highest BCUT2D eigenvalue weighted by atomic mass is 32.1. The third-order valence-corrected chi connectivity index (χ3v) is 3.10. The highest BCUT2D eigenvalue weighted by molar-refractivity contribution is 7.17. The normalized spacial score (nSPS) is 12.2. The molecule has 2 aromatic heterocycles. The number of nitrogens with zero attached hydrogens (tertiary/aromatic N) is 2. The quantitative estimate of drug-likeness (QED) is 0.722. The first-order valence-electron chi connectivity index (χ1n) is 3.82. The predicted molar refractivity (Wildman–Crippen MR) is 48.0 cm³/mol. The molecule has 0 saturated heterocycles. The summed E-state index contributed by atoms with van der Waals surface area (Å²) >= 11 is 0.881. The Hall–Kier alpha value is -1.30. The molecule has 0 aliphatic rings. The second-order valence-electron chi connectivity index (χ2n) is 2.92. The zero-order chi connectivity index (χ0) is 10.3. The third-order valence-electron chi connectivity index (χ3n) is 1.81. The van der Waals surface area contributed by atoms with E-state index in [-0.39, 0.29) is 10.6 Å². The Morgan fingerprint density at radius 2 is 2.36 bits per heavy atom. The van der Waals surface area contributed by atoms with Crippen molar-refractivity contribution in [1.82, 2.24) is 9.38 Å². The number of carbonyl (C=O) groups excluding carboxylic acids is 1. The van der Waals surface area contributed by atoms with Gasteiger partial charge in [0, 0.05) is 6.92 Å². The summed E-state index contributed by atoms with van der Waals surface area (Å²) in [6, 6.07) is 0. The summed E-state index contributed by atoms with van der Waals surface area (Å²) in [4.78, 5) is 14.8. The van der Waals surface area contributed by atoms with Gasteiger partial charge in [-0.15, -0.1) is 11.3 Å². The van der Waals surface area contributed by atoms with Crippen molar-refractivity contribution in [3.63, 3.8) is 0 Å². The van der Waals surface area contributed by atoms with E-state index in [9.17, 15) is 13.6 Å². The topological polar surface area (TPSA) is 34.4 Å². The van der Waals surface area contributed by atoms with Gasteiger partial charge in [0.1, 0.15) is 21.7 Å². The molecule has 0 bridgehead atoms. The van der Waals surface area contributed by atoms with E-state index >= 15 is 0 Å². The van der Waals surface area contributed by atoms with Crippen molar-refractivity contribution in [3.8, 4) is 0 Å². The number of aromatic nitrogens is 2. The minimum atomic E-state index is -2.99. The molecule has 2 heterocycles. The van der Waals surface area contributed by atoms with Crippen LogP contribution in [0, 0.1) is 0 Å². The third kappa shape index (κ3) is 1.22. The summed E-state index contributed by atoms with van der Waals surface area (Å²) in [5.41, 5.74) is -0.0185. The molecule has 0 aromatic carbocycles. The van der Waals surface area contributed by atoms with E-state index in [1.165, 1.54) is 16.9 Å². The van der Waals surface area contributed by atoms with Crippen LogP contribution >= 0.6 is 11.3 Å². The number of fused-ring (bicyclic) bond motifs is 1. The van der Waals surface area contributed by atoms with Crippen molar-refractivity contribution in [2.24, 2.45) is 0 Å². The smallest absolute Gasteiger partial charge is 0.281 e. The molecule has 0 N–H and O–H groups in total. The molecule has 0 radical (unpaired) electrons. The van der Waals surface area contributed by atoms with Crippen molar-refractivity contribution >= 4 is 22.5 Å². The van der Waals surface area contributed by atoms with Crippen molar-refractivity contribution in [2.45, 2.75) is 12.8 Å². The summed E-state index contributed by atoms with van der Waals surface area (Å²) in [6.07, 6.45) is 3.23. The van der Waals surface area contributed by atoms with Crippen LogP contribution in [0.25, 0.3) is 4.83 Å². The van der Waals surface area contributed by atoms with E-state index in [0.717, 1.165) is 18.3 Å². The number of alkyl halides is 2. The van der Waals surface area contributed by atoms with E-state index < -0.39 is 5.92 Å². The second-order valence-corrected chi connectivity index (χ2v) is 3.96. The second kappa shape index (κ2) is 2.84.